The van der Waals surface area contributed by atoms with E-state index in [-0.39, 0.29) is 11.4 Å². The molecule has 0 radical (unpaired) electrons. The Bertz CT molecular complexity index is 905. The van der Waals surface area contributed by atoms with Crippen LogP contribution in [0.2, 0.25) is 0 Å². The van der Waals surface area contributed by atoms with Crippen molar-refractivity contribution in [3.8, 4) is 16.9 Å². The summed E-state index contributed by atoms with van der Waals surface area (Å²) in [7, 11) is 0. The highest BCUT2D eigenvalue weighted by atomic mass is 16.6. The number of rotatable bonds is 4. The van der Waals surface area contributed by atoms with Gasteiger partial charge in [0.15, 0.2) is 0 Å². The molecule has 0 unspecified atom stereocenters. The smallest absolute Gasteiger partial charge is 0.270 e. The van der Waals surface area contributed by atoms with Crippen LogP contribution in [0.4, 0.5) is 11.4 Å². The molecule has 0 atom stereocenters. The second-order valence-electron chi connectivity index (χ2n) is 5.14. The minimum absolute atomic E-state index is 0.0541. The molecular formula is C19H14N2O3. The number of aromatic hydroxyl groups is 1. The molecule has 118 valence electrons. The van der Waals surface area contributed by atoms with Crippen LogP contribution >= 0.6 is 0 Å². The van der Waals surface area contributed by atoms with E-state index >= 15 is 0 Å². The Morgan fingerprint density at radius 3 is 2.42 bits per heavy atom. The molecule has 0 aromatic heterocycles. The van der Waals surface area contributed by atoms with E-state index in [1.165, 1.54) is 24.4 Å². The first-order valence-corrected chi connectivity index (χ1v) is 7.31. The van der Waals surface area contributed by atoms with Crippen LogP contribution in [-0.4, -0.2) is 16.2 Å². The third kappa shape index (κ3) is 3.30. The fourth-order valence-corrected chi connectivity index (χ4v) is 2.35. The van der Waals surface area contributed by atoms with Crippen LogP contribution < -0.4 is 0 Å². The van der Waals surface area contributed by atoms with Gasteiger partial charge in [0, 0.05) is 29.5 Å². The van der Waals surface area contributed by atoms with Gasteiger partial charge in [-0.05, 0) is 17.7 Å². The Hall–Kier alpha value is -3.47. The van der Waals surface area contributed by atoms with Gasteiger partial charge in [0.2, 0.25) is 0 Å². The molecule has 0 heterocycles. The van der Waals surface area contributed by atoms with Gasteiger partial charge in [-0.1, -0.05) is 48.5 Å². The lowest BCUT2D eigenvalue weighted by atomic mass is 10.0. The minimum Gasteiger partial charge on any atom is -0.507 e. The van der Waals surface area contributed by atoms with E-state index in [0.717, 1.165) is 16.8 Å². The van der Waals surface area contributed by atoms with Crippen LogP contribution in [0, 0.1) is 10.1 Å². The zero-order valence-corrected chi connectivity index (χ0v) is 12.7. The number of benzene rings is 3. The zero-order chi connectivity index (χ0) is 16.9. The lowest BCUT2D eigenvalue weighted by Gasteiger charge is -2.05. The predicted molar refractivity (Wildman–Crippen MR) is 93.9 cm³/mol. The minimum atomic E-state index is -0.505. The molecule has 0 bridgehead atoms. The average Bonchev–Trinajstić information content (AvgIpc) is 2.62. The monoisotopic (exact) mass is 318 g/mol. The Morgan fingerprint density at radius 1 is 0.958 bits per heavy atom. The van der Waals surface area contributed by atoms with E-state index in [0.29, 0.717) is 5.56 Å². The summed E-state index contributed by atoms with van der Waals surface area (Å²) in [6.45, 7) is 0. The number of aliphatic imine (C=N–C) groups is 1. The lowest BCUT2D eigenvalue weighted by Crippen LogP contribution is -1.90. The van der Waals surface area contributed by atoms with E-state index in [9.17, 15) is 15.2 Å². The summed E-state index contributed by atoms with van der Waals surface area (Å²) in [6.07, 6.45) is 1.43. The van der Waals surface area contributed by atoms with Crippen molar-refractivity contribution in [3.63, 3.8) is 0 Å². The lowest BCUT2D eigenvalue weighted by molar-refractivity contribution is -0.384. The Kier molecular flexibility index (Phi) is 4.34. The topological polar surface area (TPSA) is 75.7 Å². The number of nitrogens with zero attached hydrogens (tertiary/aromatic N) is 2. The number of nitro benzene ring substituents is 1. The van der Waals surface area contributed by atoms with E-state index in [4.69, 9.17) is 0 Å². The molecule has 3 aromatic carbocycles. The van der Waals surface area contributed by atoms with Crippen molar-refractivity contribution in [2.24, 2.45) is 4.99 Å². The molecule has 0 saturated heterocycles. The third-order valence-electron chi connectivity index (χ3n) is 3.55. The first-order chi connectivity index (χ1) is 11.6. The Balaban J connectivity index is 1.99. The van der Waals surface area contributed by atoms with Crippen LogP contribution in [0.3, 0.4) is 0 Å². The molecule has 0 aliphatic rings. The van der Waals surface area contributed by atoms with Crippen molar-refractivity contribution in [1.29, 1.82) is 0 Å². The van der Waals surface area contributed by atoms with Gasteiger partial charge in [-0.15, -0.1) is 0 Å². The van der Waals surface area contributed by atoms with Crippen LogP contribution in [0.5, 0.6) is 5.75 Å². The van der Waals surface area contributed by atoms with E-state index in [1.807, 2.05) is 54.6 Å². The number of hydrogen-bond donors (Lipinski definition) is 1. The van der Waals surface area contributed by atoms with Crippen molar-refractivity contribution in [1.82, 2.24) is 0 Å². The molecule has 5 heteroatoms. The summed E-state index contributed by atoms with van der Waals surface area (Å²) in [5, 5.41) is 20.7. The number of phenolic OH excluding ortho intramolecular Hbond substituents is 1. The quantitative estimate of drug-likeness (QED) is 0.429. The van der Waals surface area contributed by atoms with Gasteiger partial charge in [0.25, 0.3) is 5.69 Å². The highest BCUT2D eigenvalue weighted by Crippen LogP contribution is 2.30. The fraction of sp³-hybridized carbons (Fsp3) is 0. The summed E-state index contributed by atoms with van der Waals surface area (Å²) in [4.78, 5) is 14.8. The number of para-hydroxylation sites is 1. The van der Waals surface area contributed by atoms with Crippen LogP contribution in [0.1, 0.15) is 5.56 Å². The van der Waals surface area contributed by atoms with E-state index < -0.39 is 4.92 Å². The van der Waals surface area contributed by atoms with E-state index in [2.05, 4.69) is 4.99 Å². The van der Waals surface area contributed by atoms with Crippen LogP contribution in [0.15, 0.2) is 77.8 Å². The maximum absolute atomic E-state index is 10.9. The van der Waals surface area contributed by atoms with Gasteiger partial charge < -0.3 is 5.11 Å². The SMILES string of the molecule is O=[N+]([O-])c1ccc(O)c(C=Nc2ccccc2-c2ccccc2)c1. The molecule has 0 spiro atoms. The first kappa shape index (κ1) is 15.4. The van der Waals surface area contributed by atoms with Gasteiger partial charge in [-0.3, -0.25) is 15.1 Å². The number of hydrogen-bond acceptors (Lipinski definition) is 4. The Labute approximate surface area is 138 Å². The molecule has 0 fully saturated rings. The maximum Gasteiger partial charge on any atom is 0.270 e. The molecule has 24 heavy (non-hydrogen) atoms. The fourth-order valence-electron chi connectivity index (χ4n) is 2.35. The number of phenols is 1. The number of non-ortho nitro benzene ring substituents is 1. The predicted octanol–water partition coefficient (Wildman–Crippen LogP) is 4.72. The van der Waals surface area contributed by atoms with Crippen molar-refractivity contribution >= 4 is 17.6 Å². The van der Waals surface area contributed by atoms with Crippen molar-refractivity contribution in [2.75, 3.05) is 0 Å². The molecule has 5 nitrogen and oxygen atoms in total. The van der Waals surface area contributed by atoms with Gasteiger partial charge in [0.1, 0.15) is 5.75 Å². The molecule has 0 amide bonds. The van der Waals surface area contributed by atoms with Crippen molar-refractivity contribution < 1.29 is 10.0 Å². The van der Waals surface area contributed by atoms with Crippen molar-refractivity contribution in [2.45, 2.75) is 0 Å². The summed E-state index contributed by atoms with van der Waals surface area (Å²) < 4.78 is 0. The first-order valence-electron chi connectivity index (χ1n) is 7.31. The molecular weight excluding hydrogens is 304 g/mol. The van der Waals surface area contributed by atoms with E-state index in [1.54, 1.807) is 0 Å². The van der Waals surface area contributed by atoms with Gasteiger partial charge in [-0.2, -0.15) is 0 Å². The van der Waals surface area contributed by atoms with Crippen molar-refractivity contribution in [3.05, 3.63) is 88.5 Å². The summed E-state index contributed by atoms with van der Waals surface area (Å²) in [5.41, 5.74) is 2.89. The molecule has 0 aliphatic heterocycles. The standard InChI is InChI=1S/C19H14N2O3/c22-19-11-10-16(21(23)24)12-15(19)13-20-18-9-5-4-8-17(18)14-6-2-1-3-7-14/h1-13,22H. The summed E-state index contributed by atoms with van der Waals surface area (Å²) >= 11 is 0. The molecule has 3 rings (SSSR count). The average molecular weight is 318 g/mol. The summed E-state index contributed by atoms with van der Waals surface area (Å²) in [6, 6.07) is 21.2. The second-order valence-corrected chi connectivity index (χ2v) is 5.14. The third-order valence-corrected chi connectivity index (χ3v) is 3.55. The summed E-state index contributed by atoms with van der Waals surface area (Å²) in [5.74, 6) is -0.0541. The molecule has 0 saturated carbocycles. The zero-order valence-electron chi connectivity index (χ0n) is 12.7. The second kappa shape index (κ2) is 6.75. The highest BCUT2D eigenvalue weighted by molar-refractivity contribution is 5.88. The number of nitro groups is 1. The Morgan fingerprint density at radius 2 is 1.67 bits per heavy atom. The van der Waals surface area contributed by atoms with Crippen LogP contribution in [-0.2, 0) is 0 Å². The van der Waals surface area contributed by atoms with Gasteiger partial charge in [-0.25, -0.2) is 0 Å². The largest absolute Gasteiger partial charge is 0.507 e. The molecule has 3 aromatic rings. The van der Waals surface area contributed by atoms with Gasteiger partial charge >= 0.3 is 0 Å². The van der Waals surface area contributed by atoms with Crippen LogP contribution in [0.25, 0.3) is 11.1 Å². The maximum atomic E-state index is 10.9. The van der Waals surface area contributed by atoms with Gasteiger partial charge in [0.05, 0.1) is 10.6 Å². The normalized spacial score (nSPS) is 10.8. The molecule has 1 N–H and O–H groups in total. The highest BCUT2D eigenvalue weighted by Gasteiger charge is 2.09. The molecule has 0 aliphatic carbocycles.